The standard InChI is InChI=1S/C18H19N5S.C4H5NO/c1-5-13-6-7-14(19-8-13)17-16-10(2)11(3)24-18(16)23-12(4)21-22-15(23)9-20-17;1-4-5-2-3-6-4/h6-8H,5,9H2,1-4H3;2-3H,1H3. The van der Waals surface area contributed by atoms with Crippen molar-refractivity contribution >= 4 is 17.0 Å². The van der Waals surface area contributed by atoms with Crippen LogP contribution in [0.4, 0.5) is 0 Å². The number of fused-ring (bicyclic) bond motifs is 3. The molecule has 0 saturated heterocycles. The van der Waals surface area contributed by atoms with Crippen molar-refractivity contribution in [3.05, 3.63) is 75.6 Å². The van der Waals surface area contributed by atoms with Gasteiger partial charge < -0.3 is 4.42 Å². The lowest BCUT2D eigenvalue weighted by Crippen LogP contribution is -2.09. The Morgan fingerprint density at radius 2 is 1.93 bits per heavy atom. The summed E-state index contributed by atoms with van der Waals surface area (Å²) in [6, 6.07) is 4.21. The average molecular weight is 421 g/mol. The van der Waals surface area contributed by atoms with Gasteiger partial charge in [0, 0.05) is 23.6 Å². The zero-order chi connectivity index (χ0) is 21.3. The van der Waals surface area contributed by atoms with Gasteiger partial charge in [-0.3, -0.25) is 14.5 Å². The number of aliphatic imine (C=N–C) groups is 1. The lowest BCUT2D eigenvalue weighted by Gasteiger charge is -2.09. The maximum atomic E-state index is 4.86. The van der Waals surface area contributed by atoms with Gasteiger partial charge in [0.05, 0.1) is 17.6 Å². The van der Waals surface area contributed by atoms with Crippen molar-refractivity contribution in [2.24, 2.45) is 4.99 Å². The minimum atomic E-state index is 0.521. The molecule has 0 atom stereocenters. The molecule has 30 heavy (non-hydrogen) atoms. The summed E-state index contributed by atoms with van der Waals surface area (Å²) in [5, 5.41) is 9.69. The fraction of sp³-hybridized carbons (Fsp3) is 0.318. The van der Waals surface area contributed by atoms with Crippen LogP contribution in [0, 0.1) is 27.7 Å². The summed E-state index contributed by atoms with van der Waals surface area (Å²) < 4.78 is 6.86. The number of hydrogen-bond acceptors (Lipinski definition) is 7. The van der Waals surface area contributed by atoms with E-state index in [-0.39, 0.29) is 0 Å². The second kappa shape index (κ2) is 8.31. The topological polar surface area (TPSA) is 82.0 Å². The minimum Gasteiger partial charge on any atom is -0.449 e. The van der Waals surface area contributed by atoms with Gasteiger partial charge >= 0.3 is 0 Å². The molecule has 0 unspecified atom stereocenters. The van der Waals surface area contributed by atoms with Crippen LogP contribution in [0.1, 0.15) is 51.7 Å². The number of aryl methyl sites for hydroxylation is 4. The van der Waals surface area contributed by atoms with Crippen LogP contribution in [-0.4, -0.2) is 30.4 Å². The van der Waals surface area contributed by atoms with Gasteiger partial charge in [0.15, 0.2) is 11.7 Å². The molecule has 0 aliphatic carbocycles. The molecule has 0 aromatic carbocycles. The first-order valence-electron chi connectivity index (χ1n) is 9.87. The Labute approximate surface area is 179 Å². The van der Waals surface area contributed by atoms with Gasteiger partial charge in [0.25, 0.3) is 0 Å². The smallest absolute Gasteiger partial charge is 0.190 e. The van der Waals surface area contributed by atoms with E-state index in [4.69, 9.17) is 9.41 Å². The normalized spacial score (nSPS) is 12.4. The molecule has 7 nitrogen and oxygen atoms in total. The highest BCUT2D eigenvalue weighted by Gasteiger charge is 2.26. The molecular formula is C22H24N6OS. The molecule has 0 fully saturated rings. The molecule has 0 radical (unpaired) electrons. The van der Waals surface area contributed by atoms with Crippen LogP contribution in [-0.2, 0) is 13.0 Å². The molecule has 0 amide bonds. The Kier molecular flexibility index (Phi) is 5.59. The van der Waals surface area contributed by atoms with E-state index in [1.54, 1.807) is 30.7 Å². The van der Waals surface area contributed by atoms with Crippen molar-refractivity contribution in [3.8, 4) is 5.00 Å². The second-order valence-electron chi connectivity index (χ2n) is 7.08. The van der Waals surface area contributed by atoms with Crippen molar-refractivity contribution in [2.75, 3.05) is 0 Å². The molecule has 5 heterocycles. The maximum absolute atomic E-state index is 4.86. The highest BCUT2D eigenvalue weighted by Crippen LogP contribution is 2.35. The van der Waals surface area contributed by atoms with E-state index in [0.717, 1.165) is 45.9 Å². The van der Waals surface area contributed by atoms with Crippen LogP contribution in [0.15, 0.2) is 40.2 Å². The fourth-order valence-electron chi connectivity index (χ4n) is 3.32. The van der Waals surface area contributed by atoms with E-state index in [1.807, 2.05) is 13.1 Å². The molecule has 0 N–H and O–H groups in total. The van der Waals surface area contributed by atoms with Crippen molar-refractivity contribution in [3.63, 3.8) is 0 Å². The zero-order valence-corrected chi connectivity index (χ0v) is 18.6. The highest BCUT2D eigenvalue weighted by molar-refractivity contribution is 7.15. The minimum absolute atomic E-state index is 0.521. The van der Waals surface area contributed by atoms with Gasteiger partial charge in [-0.2, -0.15) is 0 Å². The van der Waals surface area contributed by atoms with E-state index in [1.165, 1.54) is 16.0 Å². The van der Waals surface area contributed by atoms with Crippen LogP contribution < -0.4 is 0 Å². The Hall–Kier alpha value is -3.13. The Morgan fingerprint density at radius 1 is 1.10 bits per heavy atom. The van der Waals surface area contributed by atoms with Gasteiger partial charge in [-0.15, -0.1) is 21.5 Å². The number of pyridine rings is 1. The first-order chi connectivity index (χ1) is 14.5. The number of rotatable bonds is 2. The predicted octanol–water partition coefficient (Wildman–Crippen LogP) is 4.55. The quantitative estimate of drug-likeness (QED) is 0.475. The molecular weight excluding hydrogens is 396 g/mol. The van der Waals surface area contributed by atoms with Crippen LogP contribution in [0.25, 0.3) is 5.00 Å². The molecule has 5 rings (SSSR count). The SMILES string of the molecule is CCc1ccc(C2=NCc3nnc(C)n3-c3sc(C)c(C)c32)nc1.Cc1ncco1. The zero-order valence-electron chi connectivity index (χ0n) is 17.8. The fourth-order valence-corrected chi connectivity index (χ4v) is 4.55. The Bertz CT molecular complexity index is 1190. The van der Waals surface area contributed by atoms with Crippen molar-refractivity contribution in [1.29, 1.82) is 0 Å². The molecule has 4 aromatic heterocycles. The third-order valence-electron chi connectivity index (χ3n) is 5.11. The van der Waals surface area contributed by atoms with Gasteiger partial charge in [-0.1, -0.05) is 13.0 Å². The summed E-state index contributed by atoms with van der Waals surface area (Å²) in [5.41, 5.74) is 5.54. The third-order valence-corrected chi connectivity index (χ3v) is 6.30. The van der Waals surface area contributed by atoms with Crippen LogP contribution in [0.5, 0.6) is 0 Å². The number of thiophene rings is 1. The molecule has 0 bridgehead atoms. The maximum Gasteiger partial charge on any atom is 0.190 e. The van der Waals surface area contributed by atoms with E-state index in [2.05, 4.69) is 57.6 Å². The molecule has 1 aliphatic rings. The largest absolute Gasteiger partial charge is 0.449 e. The number of aromatic nitrogens is 5. The lowest BCUT2D eigenvalue weighted by molar-refractivity contribution is 0.521. The van der Waals surface area contributed by atoms with Gasteiger partial charge in [-0.25, -0.2) is 4.98 Å². The Morgan fingerprint density at radius 3 is 2.53 bits per heavy atom. The van der Waals surface area contributed by atoms with E-state index in [9.17, 15) is 0 Å². The highest BCUT2D eigenvalue weighted by atomic mass is 32.1. The first-order valence-corrected chi connectivity index (χ1v) is 10.7. The van der Waals surface area contributed by atoms with Gasteiger partial charge in [0.1, 0.15) is 23.6 Å². The Balaban J connectivity index is 0.000000313. The molecule has 8 heteroatoms. The molecule has 154 valence electrons. The summed E-state index contributed by atoms with van der Waals surface area (Å²) in [6.07, 6.45) is 6.11. The number of nitrogens with zero attached hydrogens (tertiary/aromatic N) is 6. The summed E-state index contributed by atoms with van der Waals surface area (Å²) in [5.74, 6) is 2.50. The number of oxazole rings is 1. The van der Waals surface area contributed by atoms with E-state index < -0.39 is 0 Å². The summed E-state index contributed by atoms with van der Waals surface area (Å²) in [4.78, 5) is 14.6. The third kappa shape index (κ3) is 3.70. The van der Waals surface area contributed by atoms with Crippen LogP contribution >= 0.6 is 11.3 Å². The predicted molar refractivity (Wildman–Crippen MR) is 118 cm³/mol. The van der Waals surface area contributed by atoms with Gasteiger partial charge in [-0.05, 0) is 44.4 Å². The van der Waals surface area contributed by atoms with E-state index >= 15 is 0 Å². The summed E-state index contributed by atoms with van der Waals surface area (Å²) in [6.45, 7) is 10.8. The van der Waals surface area contributed by atoms with Crippen molar-refractivity contribution in [2.45, 2.75) is 47.6 Å². The number of hydrogen-bond donors (Lipinski definition) is 0. The lowest BCUT2D eigenvalue weighted by atomic mass is 10.0. The van der Waals surface area contributed by atoms with Crippen molar-refractivity contribution in [1.82, 2.24) is 24.7 Å². The van der Waals surface area contributed by atoms with Crippen molar-refractivity contribution < 1.29 is 4.42 Å². The molecule has 0 saturated carbocycles. The average Bonchev–Trinajstić information content (AvgIpc) is 3.41. The van der Waals surface area contributed by atoms with Crippen LogP contribution in [0.3, 0.4) is 0 Å². The molecule has 1 aliphatic heterocycles. The monoisotopic (exact) mass is 420 g/mol. The van der Waals surface area contributed by atoms with Crippen LogP contribution in [0.2, 0.25) is 0 Å². The summed E-state index contributed by atoms with van der Waals surface area (Å²) in [7, 11) is 0. The second-order valence-corrected chi connectivity index (χ2v) is 8.29. The molecule has 4 aromatic rings. The molecule has 0 spiro atoms. The first kappa shape index (κ1) is 20.2. The summed E-state index contributed by atoms with van der Waals surface area (Å²) >= 11 is 1.77. The van der Waals surface area contributed by atoms with Gasteiger partial charge in [0.2, 0.25) is 0 Å². The van der Waals surface area contributed by atoms with E-state index in [0.29, 0.717) is 6.54 Å².